The summed E-state index contributed by atoms with van der Waals surface area (Å²) in [5.41, 5.74) is 0.886. The van der Waals surface area contributed by atoms with E-state index >= 15 is 0 Å². The predicted molar refractivity (Wildman–Crippen MR) is 92.9 cm³/mol. The van der Waals surface area contributed by atoms with Crippen molar-refractivity contribution in [2.45, 2.75) is 24.9 Å². The number of hydrogen-bond donors (Lipinski definition) is 3. The Morgan fingerprint density at radius 3 is 2.88 bits per heavy atom. The molecular formula is C15H23N3O4S2. The summed E-state index contributed by atoms with van der Waals surface area (Å²) in [5, 5.41) is 6.03. The summed E-state index contributed by atoms with van der Waals surface area (Å²) in [5.74, 6) is -0.344. The van der Waals surface area contributed by atoms with E-state index in [0.717, 1.165) is 37.9 Å². The highest BCUT2D eigenvalue weighted by Crippen LogP contribution is 2.43. The Bertz CT molecular complexity index is 708. The van der Waals surface area contributed by atoms with Crippen LogP contribution in [0.3, 0.4) is 0 Å². The number of amides is 1. The molecule has 2 aliphatic rings. The fraction of sp³-hybridized carbons (Fsp3) is 0.667. The molecule has 3 heterocycles. The van der Waals surface area contributed by atoms with Gasteiger partial charge in [-0.1, -0.05) is 0 Å². The standard InChI is InChI=1S/C15H23N3O4S2/c1-16-24(20,21)9-7-18-14(19)13-10-11-12(23-13)2-8-22-15(11)3-5-17-6-4-15/h10,16-17H,2-9H2,1H3,(H,18,19). The zero-order chi connectivity index (χ0) is 17.2. The number of nitrogens with one attached hydrogen (secondary N) is 3. The van der Waals surface area contributed by atoms with Gasteiger partial charge in [-0.2, -0.15) is 0 Å². The lowest BCUT2D eigenvalue weighted by Crippen LogP contribution is -2.44. The normalized spacial score (nSPS) is 19.9. The lowest BCUT2D eigenvalue weighted by Gasteiger charge is -2.40. The van der Waals surface area contributed by atoms with Crippen molar-refractivity contribution in [2.24, 2.45) is 0 Å². The smallest absolute Gasteiger partial charge is 0.261 e. The highest BCUT2D eigenvalue weighted by molar-refractivity contribution is 7.89. The van der Waals surface area contributed by atoms with Crippen LogP contribution in [0.2, 0.25) is 0 Å². The van der Waals surface area contributed by atoms with Gasteiger partial charge in [0.2, 0.25) is 10.0 Å². The number of hydrogen-bond acceptors (Lipinski definition) is 6. The molecular weight excluding hydrogens is 350 g/mol. The summed E-state index contributed by atoms with van der Waals surface area (Å²) in [6.07, 6.45) is 2.66. The molecule has 9 heteroatoms. The van der Waals surface area contributed by atoms with Crippen LogP contribution in [0.15, 0.2) is 6.07 Å². The molecule has 1 aromatic heterocycles. The maximum atomic E-state index is 12.3. The maximum absolute atomic E-state index is 12.3. The Morgan fingerprint density at radius 2 is 2.17 bits per heavy atom. The summed E-state index contributed by atoms with van der Waals surface area (Å²) in [6, 6.07) is 1.94. The van der Waals surface area contributed by atoms with Crippen molar-refractivity contribution in [1.82, 2.24) is 15.4 Å². The van der Waals surface area contributed by atoms with Crippen LogP contribution in [0.25, 0.3) is 0 Å². The van der Waals surface area contributed by atoms with E-state index in [4.69, 9.17) is 4.74 Å². The number of ether oxygens (including phenoxy) is 1. The summed E-state index contributed by atoms with van der Waals surface area (Å²) in [6.45, 7) is 2.61. The monoisotopic (exact) mass is 373 g/mol. The predicted octanol–water partition coefficient (Wildman–Crippen LogP) is 0.179. The first kappa shape index (κ1) is 17.8. The van der Waals surface area contributed by atoms with Crippen LogP contribution in [0.5, 0.6) is 0 Å². The van der Waals surface area contributed by atoms with Crippen molar-refractivity contribution in [3.63, 3.8) is 0 Å². The Hall–Kier alpha value is -1.00. The van der Waals surface area contributed by atoms with Crippen molar-refractivity contribution < 1.29 is 17.9 Å². The average molecular weight is 374 g/mol. The fourth-order valence-electron chi connectivity index (χ4n) is 3.26. The molecule has 24 heavy (non-hydrogen) atoms. The van der Waals surface area contributed by atoms with Crippen molar-refractivity contribution >= 4 is 27.3 Å². The molecule has 1 spiro atoms. The molecule has 3 N–H and O–H groups in total. The van der Waals surface area contributed by atoms with Crippen LogP contribution in [0.1, 0.15) is 33.0 Å². The van der Waals surface area contributed by atoms with E-state index in [1.165, 1.54) is 23.3 Å². The molecule has 3 rings (SSSR count). The highest BCUT2D eigenvalue weighted by Gasteiger charge is 2.40. The molecule has 1 fully saturated rings. The zero-order valence-electron chi connectivity index (χ0n) is 13.7. The van der Waals surface area contributed by atoms with Gasteiger partial charge >= 0.3 is 0 Å². The maximum Gasteiger partial charge on any atom is 0.261 e. The number of fused-ring (bicyclic) bond motifs is 2. The Kier molecular flexibility index (Phi) is 5.26. The Labute approximate surface area is 146 Å². The molecule has 1 saturated heterocycles. The summed E-state index contributed by atoms with van der Waals surface area (Å²) in [7, 11) is -1.95. The first-order valence-corrected chi connectivity index (χ1v) is 10.6. The van der Waals surface area contributed by atoms with E-state index in [2.05, 4.69) is 15.4 Å². The lowest BCUT2D eigenvalue weighted by molar-refractivity contribution is -0.0792. The summed E-state index contributed by atoms with van der Waals surface area (Å²) in [4.78, 5) is 14.2. The largest absolute Gasteiger partial charge is 0.370 e. The Balaban J connectivity index is 1.71. The number of carbonyl (C=O) groups excluding carboxylic acids is 1. The van der Waals surface area contributed by atoms with Gasteiger partial charge in [-0.25, -0.2) is 13.1 Å². The summed E-state index contributed by atoms with van der Waals surface area (Å²) < 4.78 is 31.1. The van der Waals surface area contributed by atoms with E-state index in [9.17, 15) is 13.2 Å². The SMILES string of the molecule is CNS(=O)(=O)CCNC(=O)c1cc2c(s1)CCOC21CCNCC1. The lowest BCUT2D eigenvalue weighted by atomic mass is 9.83. The second-order valence-corrected chi connectivity index (χ2v) is 9.25. The van der Waals surface area contributed by atoms with E-state index in [1.807, 2.05) is 6.07 Å². The van der Waals surface area contributed by atoms with Gasteiger partial charge in [-0.15, -0.1) is 11.3 Å². The number of thiophene rings is 1. The van der Waals surface area contributed by atoms with Crippen LogP contribution >= 0.6 is 11.3 Å². The van der Waals surface area contributed by atoms with Crippen LogP contribution in [-0.4, -0.2) is 53.4 Å². The van der Waals surface area contributed by atoms with Crippen molar-refractivity contribution in [3.05, 3.63) is 21.4 Å². The third-order valence-corrected chi connectivity index (χ3v) is 7.17. The second-order valence-electron chi connectivity index (χ2n) is 6.07. The number of carbonyl (C=O) groups is 1. The van der Waals surface area contributed by atoms with E-state index in [0.29, 0.717) is 11.5 Å². The van der Waals surface area contributed by atoms with Crippen molar-refractivity contribution in [3.8, 4) is 0 Å². The average Bonchev–Trinajstić information content (AvgIpc) is 3.02. The molecule has 1 amide bonds. The first-order chi connectivity index (χ1) is 11.5. The van der Waals surface area contributed by atoms with E-state index < -0.39 is 10.0 Å². The quantitative estimate of drug-likeness (QED) is 0.684. The minimum Gasteiger partial charge on any atom is -0.370 e. The molecule has 0 bridgehead atoms. The molecule has 1 aromatic rings. The topological polar surface area (TPSA) is 96.5 Å². The fourth-order valence-corrected chi connectivity index (χ4v) is 4.98. The molecule has 0 saturated carbocycles. The van der Waals surface area contributed by atoms with Crippen molar-refractivity contribution in [2.75, 3.05) is 39.0 Å². The number of sulfonamides is 1. The third kappa shape index (κ3) is 3.65. The summed E-state index contributed by atoms with van der Waals surface area (Å²) >= 11 is 1.50. The van der Waals surface area contributed by atoms with Gasteiger partial charge in [-0.05, 0) is 44.6 Å². The highest BCUT2D eigenvalue weighted by atomic mass is 32.2. The van der Waals surface area contributed by atoms with Gasteiger partial charge in [-0.3, -0.25) is 4.79 Å². The molecule has 0 unspecified atom stereocenters. The zero-order valence-corrected chi connectivity index (χ0v) is 15.3. The van der Waals surface area contributed by atoms with Crippen LogP contribution in [-0.2, 0) is 26.8 Å². The third-order valence-electron chi connectivity index (χ3n) is 4.61. The number of rotatable bonds is 5. The van der Waals surface area contributed by atoms with Gasteiger partial charge in [0.05, 0.1) is 22.8 Å². The van der Waals surface area contributed by atoms with E-state index in [1.54, 1.807) is 0 Å². The van der Waals surface area contributed by atoms with E-state index in [-0.39, 0.29) is 23.8 Å². The molecule has 0 aromatic carbocycles. The molecule has 0 atom stereocenters. The van der Waals surface area contributed by atoms with Gasteiger partial charge in [0, 0.05) is 17.8 Å². The Morgan fingerprint density at radius 1 is 1.42 bits per heavy atom. The number of piperidine rings is 1. The van der Waals surface area contributed by atoms with Crippen LogP contribution < -0.4 is 15.4 Å². The van der Waals surface area contributed by atoms with Gasteiger partial charge < -0.3 is 15.4 Å². The minimum atomic E-state index is -3.31. The first-order valence-electron chi connectivity index (χ1n) is 8.13. The van der Waals surface area contributed by atoms with Crippen LogP contribution in [0.4, 0.5) is 0 Å². The van der Waals surface area contributed by atoms with Crippen LogP contribution in [0, 0.1) is 0 Å². The molecule has 0 aliphatic carbocycles. The van der Waals surface area contributed by atoms with Gasteiger partial charge in [0.1, 0.15) is 0 Å². The molecule has 134 valence electrons. The second kappa shape index (κ2) is 7.09. The van der Waals surface area contributed by atoms with Gasteiger partial charge in [0.15, 0.2) is 0 Å². The molecule has 0 radical (unpaired) electrons. The minimum absolute atomic E-state index is 0.0934. The molecule has 7 nitrogen and oxygen atoms in total. The van der Waals surface area contributed by atoms with Gasteiger partial charge in [0.25, 0.3) is 5.91 Å². The van der Waals surface area contributed by atoms with Crippen molar-refractivity contribution in [1.29, 1.82) is 0 Å². The molecule has 2 aliphatic heterocycles.